The van der Waals surface area contributed by atoms with Gasteiger partial charge in [0.05, 0.1) is 0 Å². The molecule has 0 radical (unpaired) electrons. The third kappa shape index (κ3) is 5.35. The first-order chi connectivity index (χ1) is 11.8. The first kappa shape index (κ1) is 18.5. The summed E-state index contributed by atoms with van der Waals surface area (Å²) in [5.41, 5.74) is 7.27. The topological polar surface area (TPSA) is 84.2 Å². The minimum absolute atomic E-state index is 0.00420. The standard InChI is InChI=1S/C20H25N3O2/c1-14(13-20(2,3)16-9-5-4-6-10-16)22-18(24)15-8-7-11-17(12-15)23-19(21)25/h4-12,14H,13H2,1-3H3,(H,22,24)(H3,21,23,25). The highest BCUT2D eigenvalue weighted by Gasteiger charge is 2.24. The van der Waals surface area contributed by atoms with E-state index in [0.717, 1.165) is 6.42 Å². The van der Waals surface area contributed by atoms with Crippen LogP contribution < -0.4 is 16.4 Å². The summed E-state index contributed by atoms with van der Waals surface area (Å²) < 4.78 is 0. The lowest BCUT2D eigenvalue weighted by atomic mass is 9.79. The van der Waals surface area contributed by atoms with E-state index >= 15 is 0 Å². The average Bonchev–Trinajstić information content (AvgIpc) is 2.54. The van der Waals surface area contributed by atoms with Crippen molar-refractivity contribution >= 4 is 17.6 Å². The molecule has 0 saturated carbocycles. The van der Waals surface area contributed by atoms with Gasteiger partial charge in [0, 0.05) is 17.3 Å². The van der Waals surface area contributed by atoms with Crippen LogP contribution in [0.1, 0.15) is 43.1 Å². The molecule has 0 aliphatic carbocycles. The number of anilines is 1. The van der Waals surface area contributed by atoms with Gasteiger partial charge in [0.1, 0.15) is 0 Å². The number of carbonyl (C=O) groups is 2. The van der Waals surface area contributed by atoms with E-state index in [9.17, 15) is 9.59 Å². The number of nitrogens with one attached hydrogen (secondary N) is 2. The number of urea groups is 1. The Morgan fingerprint density at radius 3 is 2.40 bits per heavy atom. The van der Waals surface area contributed by atoms with Crippen molar-refractivity contribution in [2.45, 2.75) is 38.6 Å². The highest BCUT2D eigenvalue weighted by Crippen LogP contribution is 2.28. The van der Waals surface area contributed by atoms with Gasteiger partial charge in [0.25, 0.3) is 5.91 Å². The van der Waals surface area contributed by atoms with Gasteiger partial charge in [-0.15, -0.1) is 0 Å². The Balaban J connectivity index is 2.01. The number of hydrogen-bond donors (Lipinski definition) is 3. The van der Waals surface area contributed by atoms with Crippen LogP contribution in [-0.4, -0.2) is 18.0 Å². The Kier molecular flexibility index (Phi) is 5.80. The van der Waals surface area contributed by atoms with E-state index in [4.69, 9.17) is 5.73 Å². The van der Waals surface area contributed by atoms with E-state index in [-0.39, 0.29) is 17.4 Å². The minimum atomic E-state index is -0.657. The molecule has 5 nitrogen and oxygen atoms in total. The molecule has 2 aromatic carbocycles. The second kappa shape index (κ2) is 7.83. The largest absolute Gasteiger partial charge is 0.351 e. The fourth-order valence-corrected chi connectivity index (χ4v) is 3.01. The van der Waals surface area contributed by atoms with Crippen LogP contribution in [0.4, 0.5) is 10.5 Å². The molecule has 1 atom stereocenters. The van der Waals surface area contributed by atoms with Gasteiger partial charge in [0.15, 0.2) is 0 Å². The predicted molar refractivity (Wildman–Crippen MR) is 101 cm³/mol. The van der Waals surface area contributed by atoms with Crippen LogP contribution in [0.15, 0.2) is 54.6 Å². The van der Waals surface area contributed by atoms with Gasteiger partial charge in [-0.2, -0.15) is 0 Å². The Morgan fingerprint density at radius 1 is 1.08 bits per heavy atom. The van der Waals surface area contributed by atoms with Crippen LogP contribution in [0.25, 0.3) is 0 Å². The van der Waals surface area contributed by atoms with E-state index in [1.807, 2.05) is 25.1 Å². The van der Waals surface area contributed by atoms with Gasteiger partial charge in [-0.3, -0.25) is 4.79 Å². The van der Waals surface area contributed by atoms with Gasteiger partial charge in [-0.25, -0.2) is 4.79 Å². The zero-order valence-corrected chi connectivity index (χ0v) is 14.9. The molecule has 0 spiro atoms. The number of primary amides is 1. The molecule has 0 saturated heterocycles. The molecule has 0 bridgehead atoms. The Bertz CT molecular complexity index is 742. The summed E-state index contributed by atoms with van der Waals surface area (Å²) in [6.07, 6.45) is 0.808. The van der Waals surface area contributed by atoms with E-state index in [2.05, 4.69) is 36.6 Å². The van der Waals surface area contributed by atoms with Crippen molar-refractivity contribution in [2.75, 3.05) is 5.32 Å². The zero-order valence-electron chi connectivity index (χ0n) is 14.9. The van der Waals surface area contributed by atoms with Crippen molar-refractivity contribution in [2.24, 2.45) is 5.73 Å². The lowest BCUT2D eigenvalue weighted by Crippen LogP contribution is -2.37. The molecule has 132 valence electrons. The molecule has 5 heteroatoms. The van der Waals surface area contributed by atoms with Crippen molar-refractivity contribution in [3.8, 4) is 0 Å². The summed E-state index contributed by atoms with van der Waals surface area (Å²) in [6, 6.07) is 16.3. The number of hydrogen-bond acceptors (Lipinski definition) is 2. The molecule has 25 heavy (non-hydrogen) atoms. The fourth-order valence-electron chi connectivity index (χ4n) is 3.01. The highest BCUT2D eigenvalue weighted by molar-refractivity contribution is 5.96. The lowest BCUT2D eigenvalue weighted by molar-refractivity contribution is 0.0934. The van der Waals surface area contributed by atoms with Gasteiger partial charge in [0.2, 0.25) is 0 Å². The van der Waals surface area contributed by atoms with Crippen LogP contribution in [0.5, 0.6) is 0 Å². The van der Waals surface area contributed by atoms with Crippen molar-refractivity contribution < 1.29 is 9.59 Å². The van der Waals surface area contributed by atoms with Gasteiger partial charge < -0.3 is 16.4 Å². The first-order valence-corrected chi connectivity index (χ1v) is 8.31. The maximum absolute atomic E-state index is 12.5. The SMILES string of the molecule is CC(CC(C)(C)c1ccccc1)NC(=O)c1cccc(NC(N)=O)c1. The molecule has 0 aromatic heterocycles. The van der Waals surface area contributed by atoms with Gasteiger partial charge >= 0.3 is 6.03 Å². The van der Waals surface area contributed by atoms with E-state index in [1.165, 1.54) is 5.56 Å². The molecular formula is C20H25N3O2. The molecule has 4 N–H and O–H groups in total. The van der Waals surface area contributed by atoms with Crippen LogP contribution >= 0.6 is 0 Å². The summed E-state index contributed by atoms with van der Waals surface area (Å²) in [5, 5.41) is 5.49. The zero-order chi connectivity index (χ0) is 18.4. The molecule has 1 unspecified atom stereocenters. The highest BCUT2D eigenvalue weighted by atomic mass is 16.2. The number of nitrogens with two attached hydrogens (primary N) is 1. The number of rotatable bonds is 6. The molecule has 2 aromatic rings. The molecule has 0 fully saturated rings. The number of carbonyl (C=O) groups excluding carboxylic acids is 2. The van der Waals surface area contributed by atoms with Crippen molar-refractivity contribution in [1.29, 1.82) is 0 Å². The van der Waals surface area contributed by atoms with Gasteiger partial charge in [-0.05, 0) is 42.5 Å². The third-order valence-corrected chi connectivity index (χ3v) is 4.14. The number of amides is 3. The van der Waals surface area contributed by atoms with Crippen LogP contribution in [0.2, 0.25) is 0 Å². The summed E-state index contributed by atoms with van der Waals surface area (Å²) in [6.45, 7) is 6.33. The molecule has 2 rings (SSSR count). The molecule has 0 aliphatic rings. The van der Waals surface area contributed by atoms with Crippen LogP contribution in [0, 0.1) is 0 Å². The summed E-state index contributed by atoms with van der Waals surface area (Å²) in [5.74, 6) is -0.176. The minimum Gasteiger partial charge on any atom is -0.351 e. The van der Waals surface area contributed by atoms with Crippen LogP contribution in [0.3, 0.4) is 0 Å². The van der Waals surface area contributed by atoms with E-state index < -0.39 is 6.03 Å². The normalized spacial score (nSPS) is 12.3. The summed E-state index contributed by atoms with van der Waals surface area (Å²) >= 11 is 0. The monoisotopic (exact) mass is 339 g/mol. The summed E-state index contributed by atoms with van der Waals surface area (Å²) in [7, 11) is 0. The van der Waals surface area contributed by atoms with E-state index in [0.29, 0.717) is 11.3 Å². The number of benzene rings is 2. The lowest BCUT2D eigenvalue weighted by Gasteiger charge is -2.29. The molecular weight excluding hydrogens is 314 g/mol. The predicted octanol–water partition coefficient (Wildman–Crippen LogP) is 3.66. The summed E-state index contributed by atoms with van der Waals surface area (Å²) in [4.78, 5) is 23.4. The average molecular weight is 339 g/mol. The first-order valence-electron chi connectivity index (χ1n) is 8.31. The molecule has 3 amide bonds. The fraction of sp³-hybridized carbons (Fsp3) is 0.300. The second-order valence-corrected chi connectivity index (χ2v) is 6.90. The third-order valence-electron chi connectivity index (χ3n) is 4.14. The quantitative estimate of drug-likeness (QED) is 0.750. The van der Waals surface area contributed by atoms with E-state index in [1.54, 1.807) is 24.3 Å². The smallest absolute Gasteiger partial charge is 0.316 e. The Labute approximate surface area is 148 Å². The Morgan fingerprint density at radius 2 is 1.76 bits per heavy atom. The molecule has 0 aliphatic heterocycles. The Hall–Kier alpha value is -2.82. The van der Waals surface area contributed by atoms with Gasteiger partial charge in [-0.1, -0.05) is 50.2 Å². The second-order valence-electron chi connectivity index (χ2n) is 6.90. The van der Waals surface area contributed by atoms with Crippen molar-refractivity contribution in [1.82, 2.24) is 5.32 Å². The van der Waals surface area contributed by atoms with Crippen LogP contribution in [-0.2, 0) is 5.41 Å². The maximum Gasteiger partial charge on any atom is 0.316 e. The maximum atomic E-state index is 12.5. The van der Waals surface area contributed by atoms with Crippen molar-refractivity contribution in [3.05, 3.63) is 65.7 Å². The van der Waals surface area contributed by atoms with Crippen molar-refractivity contribution in [3.63, 3.8) is 0 Å². The molecule has 0 heterocycles.